The summed E-state index contributed by atoms with van der Waals surface area (Å²) in [5.41, 5.74) is 2.51. The molecule has 3 aromatic carbocycles. The van der Waals surface area contributed by atoms with E-state index in [1.54, 1.807) is 42.5 Å². The van der Waals surface area contributed by atoms with Gasteiger partial charge in [-0.05, 0) is 41.8 Å². The van der Waals surface area contributed by atoms with Gasteiger partial charge in [0, 0.05) is 23.6 Å². The van der Waals surface area contributed by atoms with Crippen LogP contribution in [0.3, 0.4) is 0 Å². The zero-order valence-electron chi connectivity index (χ0n) is 16.9. The number of aromatic nitrogens is 1. The molecule has 158 valence electrons. The molecule has 0 unspecified atom stereocenters. The zero-order valence-corrected chi connectivity index (χ0v) is 17.7. The molecule has 1 N–H and O–H groups in total. The van der Waals surface area contributed by atoms with Crippen LogP contribution in [0.5, 0.6) is 5.75 Å². The molecule has 4 rings (SSSR count). The summed E-state index contributed by atoms with van der Waals surface area (Å²) < 4.78 is 34.0. The average Bonchev–Trinajstić information content (AvgIpc) is 3.17. The molecule has 0 spiro atoms. The monoisotopic (exact) mass is 435 g/mol. The van der Waals surface area contributed by atoms with E-state index < -0.39 is 16.0 Å². The van der Waals surface area contributed by atoms with E-state index in [-0.39, 0.29) is 17.7 Å². The van der Waals surface area contributed by atoms with E-state index in [9.17, 15) is 13.2 Å². The Hall–Kier alpha value is -3.58. The summed E-state index contributed by atoms with van der Waals surface area (Å²) in [5, 5.41) is 9.76. The number of aryl methyl sites for hydroxylation is 1. The third kappa shape index (κ3) is 3.92. The molecule has 0 aliphatic heterocycles. The Morgan fingerprint density at radius 2 is 1.71 bits per heavy atom. The van der Waals surface area contributed by atoms with Crippen molar-refractivity contribution in [1.29, 1.82) is 0 Å². The fraction of sp³-hybridized carbons (Fsp3) is 0.125. The van der Waals surface area contributed by atoms with Gasteiger partial charge in [-0.2, -0.15) is 0 Å². The molecule has 1 heterocycles. The summed E-state index contributed by atoms with van der Waals surface area (Å²) in [7, 11) is -2.42. The minimum absolute atomic E-state index is 0.100. The van der Waals surface area contributed by atoms with E-state index in [4.69, 9.17) is 9.84 Å². The van der Waals surface area contributed by atoms with Crippen molar-refractivity contribution >= 4 is 26.9 Å². The summed E-state index contributed by atoms with van der Waals surface area (Å²) in [6.07, 6.45) is 1.63. The maximum Gasteiger partial charge on any atom is 0.303 e. The number of ether oxygens (including phenoxy) is 1. The molecule has 0 atom stereocenters. The van der Waals surface area contributed by atoms with Crippen molar-refractivity contribution in [2.45, 2.75) is 17.7 Å². The molecule has 0 aliphatic carbocycles. The molecule has 7 heteroatoms. The van der Waals surface area contributed by atoms with E-state index in [1.807, 2.05) is 30.3 Å². The molecule has 0 fully saturated rings. The smallest absolute Gasteiger partial charge is 0.303 e. The third-order valence-electron chi connectivity index (χ3n) is 5.18. The Labute approximate surface area is 180 Å². The first-order valence-corrected chi connectivity index (χ1v) is 11.2. The zero-order chi connectivity index (χ0) is 22.0. The lowest BCUT2D eigenvalue weighted by atomic mass is 10.1. The standard InChI is InChI=1S/C24H21NO5S/c1-30-19-12-13-22-21(15-19)18(11-14-24(26)27)16-25(22)31(28,29)23-10-6-5-9-20(23)17-7-3-2-4-8-17/h2-10,12-13,15-16H,11,14H2,1H3,(H,26,27). The maximum absolute atomic E-state index is 13.8. The van der Waals surface area contributed by atoms with Gasteiger partial charge in [-0.15, -0.1) is 0 Å². The highest BCUT2D eigenvalue weighted by atomic mass is 32.2. The van der Waals surface area contributed by atoms with Crippen LogP contribution in [-0.4, -0.2) is 30.6 Å². The van der Waals surface area contributed by atoms with Crippen LogP contribution in [0, 0.1) is 0 Å². The van der Waals surface area contributed by atoms with Crippen molar-refractivity contribution in [3.05, 3.63) is 84.6 Å². The van der Waals surface area contributed by atoms with Crippen molar-refractivity contribution in [3.8, 4) is 16.9 Å². The molecule has 0 saturated heterocycles. The molecule has 31 heavy (non-hydrogen) atoms. The van der Waals surface area contributed by atoms with E-state index in [2.05, 4.69) is 0 Å². The fourth-order valence-corrected chi connectivity index (χ4v) is 5.28. The van der Waals surface area contributed by atoms with Gasteiger partial charge in [0.25, 0.3) is 10.0 Å². The molecule has 0 saturated carbocycles. The third-order valence-corrected chi connectivity index (χ3v) is 6.91. The molecule has 1 aromatic heterocycles. The summed E-state index contributed by atoms with van der Waals surface area (Å²) in [5.74, 6) is -0.370. The number of fused-ring (bicyclic) bond motifs is 1. The number of carbonyl (C=O) groups is 1. The minimum atomic E-state index is -3.95. The van der Waals surface area contributed by atoms with Gasteiger partial charge in [-0.25, -0.2) is 12.4 Å². The second-order valence-electron chi connectivity index (χ2n) is 7.09. The Kier molecular flexibility index (Phi) is 5.52. The number of carboxylic acid groups (broad SMARTS) is 1. The maximum atomic E-state index is 13.8. The lowest BCUT2D eigenvalue weighted by Crippen LogP contribution is -2.13. The van der Waals surface area contributed by atoms with Gasteiger partial charge >= 0.3 is 5.97 Å². The van der Waals surface area contributed by atoms with E-state index in [0.717, 1.165) is 5.56 Å². The summed E-state index contributed by atoms with van der Waals surface area (Å²) in [6, 6.07) is 21.3. The number of aliphatic carboxylic acids is 1. The predicted molar refractivity (Wildman–Crippen MR) is 119 cm³/mol. The van der Waals surface area contributed by atoms with Crippen LogP contribution >= 0.6 is 0 Å². The predicted octanol–water partition coefficient (Wildman–Crippen LogP) is 4.57. The number of benzene rings is 3. The second-order valence-corrected chi connectivity index (χ2v) is 8.88. The van der Waals surface area contributed by atoms with Gasteiger partial charge < -0.3 is 9.84 Å². The molecule has 0 bridgehead atoms. The fourth-order valence-electron chi connectivity index (χ4n) is 3.67. The van der Waals surface area contributed by atoms with Crippen LogP contribution in [0.25, 0.3) is 22.0 Å². The first-order valence-electron chi connectivity index (χ1n) is 9.71. The van der Waals surface area contributed by atoms with Gasteiger partial charge in [0.15, 0.2) is 0 Å². The van der Waals surface area contributed by atoms with Crippen LogP contribution in [0.15, 0.2) is 83.9 Å². The van der Waals surface area contributed by atoms with Crippen LogP contribution in [0.2, 0.25) is 0 Å². The molecule has 0 aliphatic rings. The van der Waals surface area contributed by atoms with Crippen molar-refractivity contribution in [2.75, 3.05) is 7.11 Å². The van der Waals surface area contributed by atoms with Gasteiger partial charge in [0.2, 0.25) is 0 Å². The highest BCUT2D eigenvalue weighted by molar-refractivity contribution is 7.90. The topological polar surface area (TPSA) is 85.6 Å². The lowest BCUT2D eigenvalue weighted by Gasteiger charge is -2.13. The van der Waals surface area contributed by atoms with Crippen molar-refractivity contribution in [1.82, 2.24) is 3.97 Å². The highest BCUT2D eigenvalue weighted by Gasteiger charge is 2.24. The van der Waals surface area contributed by atoms with Crippen LogP contribution in [0.1, 0.15) is 12.0 Å². The molecule has 4 aromatic rings. The van der Waals surface area contributed by atoms with Gasteiger partial charge in [0.05, 0.1) is 17.5 Å². The normalized spacial score (nSPS) is 11.5. The average molecular weight is 436 g/mol. The first kappa shape index (κ1) is 20.7. The Morgan fingerprint density at radius 1 is 1.00 bits per heavy atom. The van der Waals surface area contributed by atoms with Gasteiger partial charge in [0.1, 0.15) is 5.75 Å². The molecule has 0 radical (unpaired) electrons. The Balaban J connectivity index is 1.92. The minimum Gasteiger partial charge on any atom is -0.497 e. The summed E-state index contributed by atoms with van der Waals surface area (Å²) >= 11 is 0. The molecular weight excluding hydrogens is 414 g/mol. The largest absolute Gasteiger partial charge is 0.497 e. The van der Waals surface area contributed by atoms with Gasteiger partial charge in [-0.3, -0.25) is 4.79 Å². The number of nitrogens with zero attached hydrogens (tertiary/aromatic N) is 1. The van der Waals surface area contributed by atoms with E-state index >= 15 is 0 Å². The van der Waals surface area contributed by atoms with Crippen molar-refractivity contribution in [3.63, 3.8) is 0 Å². The van der Waals surface area contributed by atoms with E-state index in [0.29, 0.717) is 27.8 Å². The number of rotatable bonds is 7. The molecule has 0 amide bonds. The SMILES string of the molecule is COc1ccc2c(c1)c(CCC(=O)O)cn2S(=O)(=O)c1ccccc1-c1ccccc1. The summed E-state index contributed by atoms with van der Waals surface area (Å²) in [6.45, 7) is 0. The second kappa shape index (κ2) is 8.28. The lowest BCUT2D eigenvalue weighted by molar-refractivity contribution is -0.136. The number of methoxy groups -OCH3 is 1. The Morgan fingerprint density at radius 3 is 2.42 bits per heavy atom. The number of carboxylic acids is 1. The first-order chi connectivity index (χ1) is 14.9. The van der Waals surface area contributed by atoms with Gasteiger partial charge in [-0.1, -0.05) is 48.5 Å². The van der Waals surface area contributed by atoms with Crippen molar-refractivity contribution in [2.24, 2.45) is 0 Å². The molecular formula is C24H21NO5S. The van der Waals surface area contributed by atoms with Crippen molar-refractivity contribution < 1.29 is 23.1 Å². The van der Waals surface area contributed by atoms with Crippen LogP contribution < -0.4 is 4.74 Å². The number of hydrogen-bond acceptors (Lipinski definition) is 4. The van der Waals surface area contributed by atoms with Crippen LogP contribution in [0.4, 0.5) is 0 Å². The summed E-state index contributed by atoms with van der Waals surface area (Å²) in [4.78, 5) is 11.3. The Bertz CT molecular complexity index is 1360. The van der Waals surface area contributed by atoms with E-state index in [1.165, 1.54) is 17.3 Å². The quantitative estimate of drug-likeness (QED) is 0.460. The molecule has 6 nitrogen and oxygen atoms in total. The highest BCUT2D eigenvalue weighted by Crippen LogP contribution is 2.33. The van der Waals surface area contributed by atoms with Crippen LogP contribution in [-0.2, 0) is 21.2 Å². The number of hydrogen-bond donors (Lipinski definition) is 1.